The summed E-state index contributed by atoms with van der Waals surface area (Å²) in [7, 11) is 0. The van der Waals surface area contributed by atoms with Crippen molar-refractivity contribution >= 4 is 51.8 Å². The summed E-state index contributed by atoms with van der Waals surface area (Å²) >= 11 is 6.45. The number of carbonyl (C=O) groups excluding carboxylic acids is 4. The molecule has 1 aliphatic heterocycles. The van der Waals surface area contributed by atoms with Crippen molar-refractivity contribution in [1.82, 2.24) is 4.98 Å². The number of esters is 1. The molecule has 0 N–H and O–H groups in total. The summed E-state index contributed by atoms with van der Waals surface area (Å²) in [6, 6.07) is 29.1. The maximum absolute atomic E-state index is 13.5. The maximum atomic E-state index is 13.5. The molecule has 1 aromatic heterocycles. The summed E-state index contributed by atoms with van der Waals surface area (Å²) < 4.78 is 5.56. The van der Waals surface area contributed by atoms with Crippen molar-refractivity contribution in [1.29, 1.82) is 0 Å². The highest BCUT2D eigenvalue weighted by atomic mass is 35.5. The Morgan fingerprint density at radius 2 is 1.44 bits per heavy atom. The molecular weight excluding hydrogens is 624 g/mol. The third-order valence-electron chi connectivity index (χ3n) is 9.93. The van der Waals surface area contributed by atoms with Gasteiger partial charge in [0.25, 0.3) is 0 Å². The van der Waals surface area contributed by atoms with Crippen LogP contribution in [0.3, 0.4) is 0 Å². The number of allylic oxidation sites excluding steroid dienone is 2. The molecule has 5 aromatic rings. The third-order valence-corrected chi connectivity index (χ3v) is 10.3. The molecule has 0 radical (unpaired) electrons. The number of fused-ring (bicyclic) bond motifs is 6. The number of imide groups is 1. The Morgan fingerprint density at radius 1 is 0.812 bits per heavy atom. The smallest absolute Gasteiger partial charge is 0.339 e. The fraction of sp³-hybridized carbons (Fsp3) is 0.175. The molecular formula is C40H29ClN2O5. The van der Waals surface area contributed by atoms with Crippen molar-refractivity contribution in [3.05, 3.63) is 131 Å². The number of ketones is 1. The maximum Gasteiger partial charge on any atom is 0.339 e. The first-order valence-corrected chi connectivity index (χ1v) is 16.3. The molecule has 4 unspecified atom stereocenters. The topological polar surface area (TPSA) is 93.6 Å². The number of rotatable bonds is 7. The lowest BCUT2D eigenvalue weighted by Crippen LogP contribution is -2.32. The predicted molar refractivity (Wildman–Crippen MR) is 184 cm³/mol. The van der Waals surface area contributed by atoms with Gasteiger partial charge in [-0.2, -0.15) is 0 Å². The van der Waals surface area contributed by atoms with Crippen molar-refractivity contribution in [3.63, 3.8) is 0 Å². The number of hydrogen-bond acceptors (Lipinski definition) is 6. The molecule has 2 fully saturated rings. The second-order valence-corrected chi connectivity index (χ2v) is 13.0. The van der Waals surface area contributed by atoms with Crippen molar-refractivity contribution in [3.8, 4) is 22.4 Å². The van der Waals surface area contributed by atoms with Gasteiger partial charge in [0.05, 0.1) is 34.3 Å². The molecule has 1 saturated heterocycles. The van der Waals surface area contributed by atoms with Gasteiger partial charge in [-0.3, -0.25) is 19.3 Å². The quantitative estimate of drug-likeness (QED) is 0.0768. The first-order chi connectivity index (χ1) is 23.3. The van der Waals surface area contributed by atoms with Crippen LogP contribution in [0, 0.1) is 30.6 Å². The molecule has 3 aliphatic rings. The lowest BCUT2D eigenvalue weighted by Gasteiger charge is -2.18. The van der Waals surface area contributed by atoms with E-state index in [1.54, 1.807) is 54.6 Å². The van der Waals surface area contributed by atoms with Gasteiger partial charge >= 0.3 is 5.97 Å². The highest BCUT2D eigenvalue weighted by molar-refractivity contribution is 6.32. The van der Waals surface area contributed by atoms with Crippen molar-refractivity contribution < 1.29 is 23.9 Å². The molecule has 8 heteroatoms. The second-order valence-electron chi connectivity index (χ2n) is 12.6. The Bertz CT molecular complexity index is 2150. The minimum absolute atomic E-state index is 0.131. The van der Waals surface area contributed by atoms with Crippen LogP contribution < -0.4 is 4.90 Å². The van der Waals surface area contributed by atoms with E-state index in [0.29, 0.717) is 44.0 Å². The van der Waals surface area contributed by atoms with Gasteiger partial charge in [-0.15, -0.1) is 0 Å². The Morgan fingerprint density at radius 3 is 2.10 bits per heavy atom. The molecule has 2 heterocycles. The third kappa shape index (κ3) is 4.93. The Kier molecular flexibility index (Phi) is 7.30. The molecule has 4 atom stereocenters. The Hall–Kier alpha value is -5.40. The summed E-state index contributed by atoms with van der Waals surface area (Å²) in [6.07, 6.45) is 5.02. The van der Waals surface area contributed by atoms with Gasteiger partial charge in [0.1, 0.15) is 0 Å². The molecule has 2 amide bonds. The number of ether oxygens (including phenoxy) is 1. The molecule has 48 heavy (non-hydrogen) atoms. The molecule has 7 nitrogen and oxygen atoms in total. The van der Waals surface area contributed by atoms with Gasteiger partial charge in [-0.25, -0.2) is 9.78 Å². The summed E-state index contributed by atoms with van der Waals surface area (Å²) in [6.45, 7) is 1.40. The first-order valence-electron chi connectivity index (χ1n) is 15.9. The van der Waals surface area contributed by atoms with Crippen LogP contribution in [0.2, 0.25) is 5.02 Å². The predicted octanol–water partition coefficient (Wildman–Crippen LogP) is 7.88. The highest BCUT2D eigenvalue weighted by Crippen LogP contribution is 2.53. The van der Waals surface area contributed by atoms with E-state index in [0.717, 1.165) is 17.5 Å². The van der Waals surface area contributed by atoms with E-state index in [1.807, 2.05) is 49.4 Å². The number of Topliss-reactive ketones (excluding diaryl/α,β-unsaturated/α-hetero) is 1. The highest BCUT2D eigenvalue weighted by Gasteiger charge is 2.59. The van der Waals surface area contributed by atoms with E-state index in [2.05, 4.69) is 12.2 Å². The zero-order valence-corrected chi connectivity index (χ0v) is 26.7. The molecule has 1 saturated carbocycles. The number of halogens is 1. The average molecular weight is 653 g/mol. The number of benzene rings is 4. The van der Waals surface area contributed by atoms with Crippen LogP contribution in [0.1, 0.15) is 32.7 Å². The number of anilines is 1. The fourth-order valence-corrected chi connectivity index (χ4v) is 7.58. The van der Waals surface area contributed by atoms with Crippen LogP contribution in [0.25, 0.3) is 33.3 Å². The van der Waals surface area contributed by atoms with E-state index in [4.69, 9.17) is 21.3 Å². The van der Waals surface area contributed by atoms with Gasteiger partial charge in [0.2, 0.25) is 11.8 Å². The van der Waals surface area contributed by atoms with Gasteiger partial charge < -0.3 is 4.74 Å². The van der Waals surface area contributed by atoms with E-state index in [1.165, 1.54) is 4.90 Å². The monoisotopic (exact) mass is 652 g/mol. The molecule has 2 bridgehead atoms. The van der Waals surface area contributed by atoms with E-state index in [9.17, 15) is 19.2 Å². The number of aromatic nitrogens is 1. The lowest BCUT2D eigenvalue weighted by atomic mass is 9.85. The van der Waals surface area contributed by atoms with Crippen LogP contribution in [0.4, 0.5) is 5.69 Å². The molecule has 4 aromatic carbocycles. The molecule has 8 rings (SSSR count). The molecule has 236 valence electrons. The van der Waals surface area contributed by atoms with E-state index < -0.39 is 12.6 Å². The van der Waals surface area contributed by atoms with Gasteiger partial charge in [-0.1, -0.05) is 96.5 Å². The molecule has 2 aliphatic carbocycles. The van der Waals surface area contributed by atoms with Gasteiger partial charge in [-0.05, 0) is 66.1 Å². The largest absolute Gasteiger partial charge is 0.454 e. The van der Waals surface area contributed by atoms with E-state index >= 15 is 0 Å². The number of aryl methyl sites for hydroxylation is 1. The van der Waals surface area contributed by atoms with Crippen molar-refractivity contribution in [2.24, 2.45) is 23.7 Å². The SMILES string of the molecule is Cc1c(Cl)ccc2c(C(=O)OCC(=O)c3ccc(-c4ccccc4)cc3)cc(-c3ccc(N4C(=O)C5C6C=CC(C6)C5C4=O)cc3)nc12. The first kappa shape index (κ1) is 30.0. The lowest BCUT2D eigenvalue weighted by molar-refractivity contribution is -0.123. The summed E-state index contributed by atoms with van der Waals surface area (Å²) in [5.74, 6) is -1.58. The normalized spacial score (nSPS) is 20.8. The zero-order chi connectivity index (χ0) is 33.1. The zero-order valence-electron chi connectivity index (χ0n) is 25.9. The number of nitrogens with zero attached hydrogens (tertiary/aromatic N) is 2. The van der Waals surface area contributed by atoms with Crippen molar-refractivity contribution in [2.45, 2.75) is 13.3 Å². The Balaban J connectivity index is 1.05. The number of pyridine rings is 1. The summed E-state index contributed by atoms with van der Waals surface area (Å²) in [5.41, 5.74) is 5.58. The van der Waals surface area contributed by atoms with Crippen LogP contribution in [-0.2, 0) is 14.3 Å². The van der Waals surface area contributed by atoms with Crippen LogP contribution in [0.15, 0.2) is 109 Å². The number of hydrogen-bond donors (Lipinski definition) is 0. The fourth-order valence-electron chi connectivity index (χ4n) is 7.43. The van der Waals surface area contributed by atoms with Gasteiger partial charge in [0, 0.05) is 21.5 Å². The molecule has 0 spiro atoms. The van der Waals surface area contributed by atoms with Crippen LogP contribution in [0.5, 0.6) is 0 Å². The van der Waals surface area contributed by atoms with Crippen LogP contribution >= 0.6 is 11.6 Å². The minimum atomic E-state index is -0.667. The number of carbonyl (C=O) groups is 4. The van der Waals surface area contributed by atoms with Gasteiger partial charge in [0.15, 0.2) is 12.4 Å². The number of amides is 2. The van der Waals surface area contributed by atoms with Crippen LogP contribution in [-0.4, -0.2) is 35.2 Å². The summed E-state index contributed by atoms with van der Waals surface area (Å²) in [5, 5.41) is 1.04. The van der Waals surface area contributed by atoms with Crippen molar-refractivity contribution in [2.75, 3.05) is 11.5 Å². The second kappa shape index (κ2) is 11.7. The minimum Gasteiger partial charge on any atom is -0.454 e. The van der Waals surface area contributed by atoms with E-state index in [-0.39, 0.29) is 46.8 Å². The summed E-state index contributed by atoms with van der Waals surface area (Å²) in [4.78, 5) is 59.4. The Labute approximate surface area is 281 Å². The average Bonchev–Trinajstić information content (AvgIpc) is 3.82. The standard InChI is InChI=1S/C40H29ClN2O5/c1-22-32(41)18-17-30-31(40(47)48-21-34(44)26-9-7-24(8-10-26)23-5-3-2-4-6-23)20-33(42-37(22)30)25-13-15-29(16-14-25)43-38(45)35-27-11-12-28(19-27)36(35)39(43)46/h2-18,20,27-28,35-36H,19,21H2,1H3.